The van der Waals surface area contributed by atoms with E-state index in [-0.39, 0.29) is 22.7 Å². The third-order valence-corrected chi connectivity index (χ3v) is 15.0. The van der Waals surface area contributed by atoms with Crippen LogP contribution in [0, 0.1) is 28.1 Å². The molecule has 3 saturated heterocycles. The lowest BCUT2D eigenvalue weighted by atomic mass is 9.41. The van der Waals surface area contributed by atoms with E-state index in [1.54, 1.807) is 0 Å². The number of carbonyl (C=O) groups is 1. The minimum Gasteiger partial charge on any atom is -0.481 e. The molecule has 7 fully saturated rings. The normalized spacial score (nSPS) is 54.6. The molecule has 3 heterocycles. The zero-order valence-electron chi connectivity index (χ0n) is 31.9. The zero-order valence-corrected chi connectivity index (χ0v) is 31.9. The zero-order chi connectivity index (χ0) is 40.7. The predicted octanol–water partition coefficient (Wildman–Crippen LogP) is -1.18. The Balaban J connectivity index is 1.22. The van der Waals surface area contributed by atoms with Gasteiger partial charge in [-0.15, -0.1) is 6.58 Å². The molecule has 2 bridgehead atoms. The second-order valence-corrected chi connectivity index (χ2v) is 18.0. The third-order valence-electron chi connectivity index (χ3n) is 15.0. The van der Waals surface area contributed by atoms with Gasteiger partial charge in [0.2, 0.25) is 0 Å². The van der Waals surface area contributed by atoms with Crippen molar-refractivity contribution in [2.24, 2.45) is 28.1 Å². The van der Waals surface area contributed by atoms with E-state index >= 15 is 0 Å². The maximum absolute atomic E-state index is 12.7. The van der Waals surface area contributed by atoms with E-state index in [9.17, 15) is 55.9 Å². The van der Waals surface area contributed by atoms with E-state index in [1.807, 2.05) is 6.92 Å². The highest BCUT2D eigenvalue weighted by molar-refractivity contribution is 5.75. The number of aliphatic carboxylic acids is 1. The van der Waals surface area contributed by atoms with Crippen LogP contribution in [0.4, 0.5) is 0 Å². The van der Waals surface area contributed by atoms with Crippen molar-refractivity contribution in [3.8, 4) is 0 Å². The summed E-state index contributed by atoms with van der Waals surface area (Å²) < 4.78 is 37.0. The molecular weight excluding hydrogens is 740 g/mol. The van der Waals surface area contributed by atoms with Crippen LogP contribution in [0.25, 0.3) is 0 Å². The summed E-state index contributed by atoms with van der Waals surface area (Å²) in [6, 6.07) is 0. The van der Waals surface area contributed by atoms with Crippen LogP contribution >= 0.6 is 0 Å². The first kappa shape index (κ1) is 42.5. The van der Waals surface area contributed by atoms with Crippen molar-refractivity contribution in [1.29, 1.82) is 0 Å². The molecule has 7 aliphatic rings. The Hall–Kier alpha value is -1.65. The molecule has 0 radical (unpaired) electrons. The maximum Gasteiger partial charge on any atom is 0.309 e. The molecule has 4 saturated carbocycles. The molecule has 3 aliphatic heterocycles. The lowest BCUT2D eigenvalue weighted by Gasteiger charge is -2.64. The Morgan fingerprint density at radius 2 is 1.34 bits per heavy atom. The minimum absolute atomic E-state index is 0.000856. The number of carboxylic acids is 1. The SMILES string of the molecule is C=C[C@H]1O[C@@H](O[C@H]2[C@H](O[C@]34CC[C@@H]5[C@](CC[C@H]6[C@@]5(C)CCC[C@@]6(C)C(=O)O)(CC3=C)C4)O[C@H](CO)[C@@H](O)[C@@H]2O[C@@H]2O[C@H](CO)[C@@H](O)[C@H](O)[C@H]2O)[C@H](O)[C@@H](O)[C@@H]1O. The fraction of sp³-hybridized carbons (Fsp3) is 0.872. The Kier molecular flexibility index (Phi) is 11.7. The quantitative estimate of drug-likeness (QED) is 0.0920. The average molecular weight is 801 g/mol. The van der Waals surface area contributed by atoms with E-state index < -0.39 is 122 Å². The molecule has 10 N–H and O–H groups in total. The fourth-order valence-corrected chi connectivity index (χ4v) is 12.1. The topological polar surface area (TPSA) is 275 Å². The number of aliphatic hydroxyl groups is 9. The van der Waals surface area contributed by atoms with Gasteiger partial charge in [0.1, 0.15) is 73.2 Å². The van der Waals surface area contributed by atoms with Gasteiger partial charge >= 0.3 is 5.97 Å². The summed E-state index contributed by atoms with van der Waals surface area (Å²) in [4.78, 5) is 12.7. The highest BCUT2D eigenvalue weighted by Crippen LogP contribution is 2.73. The lowest BCUT2D eigenvalue weighted by Crippen LogP contribution is -2.67. The molecule has 56 heavy (non-hydrogen) atoms. The Labute approximate surface area is 325 Å². The van der Waals surface area contributed by atoms with E-state index in [0.717, 1.165) is 31.3 Å². The van der Waals surface area contributed by atoms with Gasteiger partial charge in [0.25, 0.3) is 0 Å². The van der Waals surface area contributed by atoms with Gasteiger partial charge < -0.3 is 79.5 Å². The first-order valence-corrected chi connectivity index (χ1v) is 19.9. The van der Waals surface area contributed by atoms with Gasteiger partial charge in [-0.1, -0.05) is 26.0 Å². The number of rotatable bonds is 10. The molecule has 0 amide bonds. The molecule has 0 aromatic carbocycles. The first-order chi connectivity index (χ1) is 26.4. The van der Waals surface area contributed by atoms with E-state index in [4.69, 9.17) is 28.4 Å². The Morgan fingerprint density at radius 3 is 1.98 bits per heavy atom. The number of fused-ring (bicyclic) bond motifs is 3. The lowest BCUT2D eigenvalue weighted by molar-refractivity contribution is -0.397. The molecule has 4 aliphatic carbocycles. The molecule has 17 nitrogen and oxygen atoms in total. The minimum atomic E-state index is -1.89. The Morgan fingerprint density at radius 1 is 0.750 bits per heavy atom. The van der Waals surface area contributed by atoms with Crippen molar-refractivity contribution in [2.45, 2.75) is 169 Å². The monoisotopic (exact) mass is 800 g/mol. The largest absolute Gasteiger partial charge is 0.481 e. The van der Waals surface area contributed by atoms with Crippen LogP contribution in [0.15, 0.2) is 24.8 Å². The van der Waals surface area contributed by atoms with Crippen molar-refractivity contribution < 1.29 is 84.3 Å². The van der Waals surface area contributed by atoms with E-state index in [0.29, 0.717) is 32.1 Å². The highest BCUT2D eigenvalue weighted by Gasteiger charge is 2.69. The van der Waals surface area contributed by atoms with Gasteiger partial charge in [0, 0.05) is 0 Å². The molecule has 318 valence electrons. The predicted molar refractivity (Wildman–Crippen MR) is 190 cm³/mol. The number of ether oxygens (including phenoxy) is 6. The summed E-state index contributed by atoms with van der Waals surface area (Å²) in [6.45, 7) is 10.7. The fourth-order valence-electron chi connectivity index (χ4n) is 12.1. The molecule has 1 spiro atoms. The van der Waals surface area contributed by atoms with Crippen LogP contribution in [0.2, 0.25) is 0 Å². The van der Waals surface area contributed by atoms with Gasteiger partial charge in [0.15, 0.2) is 18.9 Å². The smallest absolute Gasteiger partial charge is 0.309 e. The van der Waals surface area contributed by atoms with Crippen LogP contribution in [-0.4, -0.2) is 168 Å². The molecule has 0 aromatic heterocycles. The number of carboxylic acid groups (broad SMARTS) is 1. The number of hydrogen-bond donors (Lipinski definition) is 10. The summed E-state index contributed by atoms with van der Waals surface area (Å²) in [5.74, 6) is -0.573. The van der Waals surface area contributed by atoms with Crippen LogP contribution in [0.3, 0.4) is 0 Å². The van der Waals surface area contributed by atoms with Crippen LogP contribution in [0.5, 0.6) is 0 Å². The van der Waals surface area contributed by atoms with Crippen molar-refractivity contribution in [3.05, 3.63) is 24.8 Å². The average Bonchev–Trinajstić information content (AvgIpc) is 3.36. The molecule has 21 atom stereocenters. The van der Waals surface area contributed by atoms with Gasteiger partial charge in [0.05, 0.1) is 24.2 Å². The van der Waals surface area contributed by atoms with Crippen LogP contribution in [0.1, 0.15) is 71.6 Å². The highest BCUT2D eigenvalue weighted by atomic mass is 16.8. The van der Waals surface area contributed by atoms with Gasteiger partial charge in [-0.3, -0.25) is 4.79 Å². The molecular formula is C39H60O17. The van der Waals surface area contributed by atoms with Gasteiger partial charge in [-0.2, -0.15) is 0 Å². The van der Waals surface area contributed by atoms with Crippen molar-refractivity contribution in [3.63, 3.8) is 0 Å². The van der Waals surface area contributed by atoms with Crippen molar-refractivity contribution in [2.75, 3.05) is 13.2 Å². The van der Waals surface area contributed by atoms with Crippen LogP contribution < -0.4 is 0 Å². The molecule has 0 aromatic rings. The summed E-state index contributed by atoms with van der Waals surface area (Å²) in [5, 5.41) is 106. The molecule has 7 rings (SSSR count). The van der Waals surface area contributed by atoms with E-state index in [2.05, 4.69) is 20.1 Å². The van der Waals surface area contributed by atoms with Gasteiger partial charge in [-0.25, -0.2) is 0 Å². The summed E-state index contributed by atoms with van der Waals surface area (Å²) in [5.41, 5.74) is -1.54. The van der Waals surface area contributed by atoms with Crippen molar-refractivity contribution >= 4 is 5.97 Å². The van der Waals surface area contributed by atoms with Gasteiger partial charge in [-0.05, 0) is 86.5 Å². The maximum atomic E-state index is 12.7. The number of aliphatic hydroxyl groups excluding tert-OH is 9. The second-order valence-electron chi connectivity index (χ2n) is 18.0. The Bertz CT molecular complexity index is 1480. The second kappa shape index (κ2) is 15.4. The summed E-state index contributed by atoms with van der Waals surface area (Å²) in [6.07, 6.45) is -17.1. The molecule has 0 unspecified atom stereocenters. The van der Waals surface area contributed by atoms with Crippen molar-refractivity contribution in [1.82, 2.24) is 0 Å². The number of hydrogen-bond acceptors (Lipinski definition) is 16. The van der Waals surface area contributed by atoms with E-state index in [1.165, 1.54) is 6.08 Å². The third kappa shape index (κ3) is 6.62. The summed E-state index contributed by atoms with van der Waals surface area (Å²) in [7, 11) is 0. The molecule has 17 heteroatoms. The van der Waals surface area contributed by atoms with Crippen LogP contribution in [-0.2, 0) is 33.2 Å². The standard InChI is InChI=1S/C39H60O17/c1-5-18-23(42)26(45)28(47)32(51-18)55-31-30(54-33-29(48)27(46)24(43)19(14-40)52-33)25(44)20(15-41)53-34(31)56-39-12-8-22-36(3)9-6-10-37(4,35(49)50)21(36)7-11-38(22,16-39)13-17(39)2/h5,18-34,40-48H,1-2,6-16H2,3-4H3,(H,49,50)/t18-,19-,20-,21+,22+,23-,24-,25-,26+,27+,28-,29-,30+,31-,32+,33+,34+,36-,37-,38-,39+/m1/s1. The summed E-state index contributed by atoms with van der Waals surface area (Å²) >= 11 is 0. The first-order valence-electron chi connectivity index (χ1n) is 19.9.